The third kappa shape index (κ3) is 3.35. The van der Waals surface area contributed by atoms with Crippen LogP contribution in [0.25, 0.3) is 16.5 Å². The molecule has 0 aliphatic rings. The lowest BCUT2D eigenvalue weighted by molar-refractivity contribution is 0.436. The van der Waals surface area contributed by atoms with Gasteiger partial charge in [0.2, 0.25) is 5.88 Å². The molecule has 0 saturated heterocycles. The number of phenols is 1. The molecule has 1 aromatic heterocycles. The molecular weight excluding hydrogens is 376 g/mol. The largest absolute Gasteiger partial charge is 0.506 e. The molecule has 30 heavy (non-hydrogen) atoms. The van der Waals surface area contributed by atoms with Crippen LogP contribution in [0, 0.1) is 20.8 Å². The van der Waals surface area contributed by atoms with E-state index in [0.29, 0.717) is 27.7 Å². The molecule has 0 atom stereocenters. The van der Waals surface area contributed by atoms with Gasteiger partial charge in [0.05, 0.1) is 11.3 Å². The number of pyridine rings is 1. The van der Waals surface area contributed by atoms with Gasteiger partial charge in [-0.2, -0.15) is 0 Å². The molecule has 150 valence electrons. The molecule has 0 saturated carbocycles. The Morgan fingerprint density at radius 3 is 2.30 bits per heavy atom. The van der Waals surface area contributed by atoms with Crippen molar-refractivity contribution < 1.29 is 10.2 Å². The second kappa shape index (κ2) is 7.52. The molecule has 0 radical (unpaired) electrons. The predicted molar refractivity (Wildman–Crippen MR) is 121 cm³/mol. The molecule has 0 unspecified atom stereocenters. The van der Waals surface area contributed by atoms with Crippen molar-refractivity contribution in [2.24, 2.45) is 4.99 Å². The van der Waals surface area contributed by atoms with Gasteiger partial charge in [-0.1, -0.05) is 30.3 Å². The maximum atomic E-state index is 13.2. The van der Waals surface area contributed by atoms with E-state index < -0.39 is 0 Å². The van der Waals surface area contributed by atoms with E-state index in [1.54, 1.807) is 30.3 Å². The zero-order valence-corrected chi connectivity index (χ0v) is 17.0. The third-order valence-corrected chi connectivity index (χ3v) is 5.32. The first-order chi connectivity index (χ1) is 14.4. The van der Waals surface area contributed by atoms with E-state index in [1.807, 2.05) is 51.1 Å². The summed E-state index contributed by atoms with van der Waals surface area (Å²) in [7, 11) is 0. The summed E-state index contributed by atoms with van der Waals surface area (Å²) in [5.74, 6) is -0.144. The number of benzene rings is 3. The highest BCUT2D eigenvalue weighted by Crippen LogP contribution is 2.30. The minimum absolute atomic E-state index is 0.0533. The van der Waals surface area contributed by atoms with Crippen LogP contribution in [-0.2, 0) is 0 Å². The number of aromatic nitrogens is 1. The SMILES string of the molecule is Cc1ccc(N=Cc2c(O)n(-c3ccc(C)c(C)c3)c(=O)c3ccccc23)c(O)c1. The van der Waals surface area contributed by atoms with Gasteiger partial charge in [0, 0.05) is 17.0 Å². The Labute approximate surface area is 174 Å². The summed E-state index contributed by atoms with van der Waals surface area (Å²) in [5, 5.41) is 22.3. The van der Waals surface area contributed by atoms with Crippen molar-refractivity contribution in [1.82, 2.24) is 4.57 Å². The lowest BCUT2D eigenvalue weighted by atomic mass is 10.1. The van der Waals surface area contributed by atoms with Crippen molar-refractivity contribution in [2.45, 2.75) is 20.8 Å². The zero-order valence-electron chi connectivity index (χ0n) is 17.0. The Balaban J connectivity index is 1.98. The molecule has 0 fully saturated rings. The topological polar surface area (TPSA) is 74.8 Å². The van der Waals surface area contributed by atoms with Crippen LogP contribution in [0.15, 0.2) is 70.5 Å². The highest BCUT2D eigenvalue weighted by molar-refractivity contribution is 6.02. The molecule has 4 rings (SSSR count). The van der Waals surface area contributed by atoms with Crippen LogP contribution in [0.5, 0.6) is 11.6 Å². The molecule has 0 bridgehead atoms. The Kier molecular flexibility index (Phi) is 4.88. The van der Waals surface area contributed by atoms with Gasteiger partial charge in [-0.05, 0) is 67.8 Å². The Hall–Kier alpha value is -3.86. The fourth-order valence-corrected chi connectivity index (χ4v) is 3.47. The van der Waals surface area contributed by atoms with Crippen LogP contribution >= 0.6 is 0 Å². The highest BCUT2D eigenvalue weighted by atomic mass is 16.3. The molecule has 1 heterocycles. The first-order valence-electron chi connectivity index (χ1n) is 9.65. The van der Waals surface area contributed by atoms with Crippen LogP contribution in [-0.4, -0.2) is 21.0 Å². The first kappa shape index (κ1) is 19.5. The standard InChI is InChI=1S/C25H22N2O3/c1-15-8-11-22(23(28)12-15)26-14-21-19-6-4-5-7-20(19)24(29)27(25(21)30)18-10-9-16(2)17(3)13-18/h4-14,28,30H,1-3H3. The van der Waals surface area contributed by atoms with Crippen molar-refractivity contribution in [3.63, 3.8) is 0 Å². The maximum Gasteiger partial charge on any atom is 0.265 e. The molecule has 5 heteroatoms. The number of hydrogen-bond donors (Lipinski definition) is 2. The predicted octanol–water partition coefficient (Wildman–Crippen LogP) is 5.08. The number of rotatable bonds is 3. The van der Waals surface area contributed by atoms with Crippen molar-refractivity contribution in [1.29, 1.82) is 0 Å². The van der Waals surface area contributed by atoms with Crippen molar-refractivity contribution in [2.75, 3.05) is 0 Å². The quantitative estimate of drug-likeness (QED) is 0.473. The zero-order chi connectivity index (χ0) is 21.4. The summed E-state index contributed by atoms with van der Waals surface area (Å²) in [5.41, 5.74) is 4.11. The van der Waals surface area contributed by atoms with Crippen LogP contribution in [0.1, 0.15) is 22.3 Å². The molecule has 0 aliphatic heterocycles. The molecule has 0 amide bonds. The van der Waals surface area contributed by atoms with E-state index >= 15 is 0 Å². The minimum atomic E-state index is -0.304. The van der Waals surface area contributed by atoms with E-state index in [1.165, 1.54) is 10.8 Å². The van der Waals surface area contributed by atoms with E-state index in [0.717, 1.165) is 16.7 Å². The fourth-order valence-electron chi connectivity index (χ4n) is 3.47. The van der Waals surface area contributed by atoms with Gasteiger partial charge < -0.3 is 10.2 Å². The number of fused-ring (bicyclic) bond motifs is 1. The van der Waals surface area contributed by atoms with Gasteiger partial charge >= 0.3 is 0 Å². The summed E-state index contributed by atoms with van der Waals surface area (Å²) in [6.07, 6.45) is 1.49. The van der Waals surface area contributed by atoms with E-state index in [4.69, 9.17) is 0 Å². The summed E-state index contributed by atoms with van der Waals surface area (Å²) in [6.45, 7) is 5.84. The average Bonchev–Trinajstić information content (AvgIpc) is 2.72. The summed E-state index contributed by atoms with van der Waals surface area (Å²) in [4.78, 5) is 17.6. The molecule has 0 spiro atoms. The Bertz CT molecular complexity index is 1370. The number of aromatic hydroxyl groups is 2. The maximum absolute atomic E-state index is 13.2. The number of aryl methyl sites for hydroxylation is 3. The molecule has 2 N–H and O–H groups in total. The van der Waals surface area contributed by atoms with Gasteiger partial charge in [0.1, 0.15) is 11.4 Å². The van der Waals surface area contributed by atoms with Crippen LogP contribution < -0.4 is 5.56 Å². The monoisotopic (exact) mass is 398 g/mol. The van der Waals surface area contributed by atoms with Gasteiger partial charge in [-0.3, -0.25) is 9.79 Å². The fraction of sp³-hybridized carbons (Fsp3) is 0.120. The van der Waals surface area contributed by atoms with E-state index in [2.05, 4.69) is 4.99 Å². The molecule has 5 nitrogen and oxygen atoms in total. The summed E-state index contributed by atoms with van der Waals surface area (Å²) >= 11 is 0. The number of nitrogens with zero attached hydrogens (tertiary/aromatic N) is 2. The Morgan fingerprint density at radius 1 is 0.867 bits per heavy atom. The van der Waals surface area contributed by atoms with Gasteiger partial charge in [0.25, 0.3) is 5.56 Å². The molecule has 3 aromatic carbocycles. The van der Waals surface area contributed by atoms with Crippen molar-refractivity contribution >= 4 is 22.7 Å². The van der Waals surface area contributed by atoms with E-state index in [9.17, 15) is 15.0 Å². The molecule has 4 aromatic rings. The number of phenolic OH excluding ortho intramolecular Hbond substituents is 1. The summed E-state index contributed by atoms with van der Waals surface area (Å²) < 4.78 is 1.30. The van der Waals surface area contributed by atoms with Gasteiger partial charge in [0.15, 0.2) is 0 Å². The van der Waals surface area contributed by atoms with Crippen LogP contribution in [0.2, 0.25) is 0 Å². The lowest BCUT2D eigenvalue weighted by Crippen LogP contribution is -2.20. The number of aliphatic imine (C=N–C) groups is 1. The smallest absolute Gasteiger partial charge is 0.265 e. The van der Waals surface area contributed by atoms with E-state index in [-0.39, 0.29) is 17.2 Å². The van der Waals surface area contributed by atoms with Crippen LogP contribution in [0.4, 0.5) is 5.69 Å². The lowest BCUT2D eigenvalue weighted by Gasteiger charge is -2.15. The molecule has 0 aliphatic carbocycles. The average molecular weight is 398 g/mol. The second-order valence-electron chi connectivity index (χ2n) is 7.44. The van der Waals surface area contributed by atoms with Crippen LogP contribution in [0.3, 0.4) is 0 Å². The molecular formula is C25H22N2O3. The van der Waals surface area contributed by atoms with Crippen molar-refractivity contribution in [3.8, 4) is 17.3 Å². The summed E-state index contributed by atoms with van der Waals surface area (Å²) in [6, 6.07) is 17.9. The van der Waals surface area contributed by atoms with Gasteiger partial charge in [-0.15, -0.1) is 0 Å². The van der Waals surface area contributed by atoms with Crippen molar-refractivity contribution in [3.05, 3.63) is 93.3 Å². The highest BCUT2D eigenvalue weighted by Gasteiger charge is 2.16. The Morgan fingerprint density at radius 2 is 1.60 bits per heavy atom. The van der Waals surface area contributed by atoms with Gasteiger partial charge in [-0.25, -0.2) is 4.57 Å². The first-order valence-corrected chi connectivity index (χ1v) is 9.65. The minimum Gasteiger partial charge on any atom is -0.506 e. The normalized spacial score (nSPS) is 11.4. The second-order valence-corrected chi connectivity index (χ2v) is 7.44. The third-order valence-electron chi connectivity index (χ3n) is 5.32. The number of hydrogen-bond acceptors (Lipinski definition) is 4.